The molecule has 0 aromatic heterocycles. The second-order valence-electron chi connectivity index (χ2n) is 5.28. The molecule has 0 unspecified atom stereocenters. The van der Waals surface area contributed by atoms with E-state index >= 15 is 0 Å². The fourth-order valence-corrected chi connectivity index (χ4v) is 1.94. The maximum absolute atomic E-state index is 5.93. The van der Waals surface area contributed by atoms with E-state index < -0.39 is 0 Å². The van der Waals surface area contributed by atoms with Gasteiger partial charge in [0, 0.05) is 23.9 Å². The van der Waals surface area contributed by atoms with Crippen molar-refractivity contribution in [2.75, 3.05) is 5.73 Å². The zero-order valence-corrected chi connectivity index (χ0v) is 12.4. The molecule has 20 heavy (non-hydrogen) atoms. The molecule has 0 aliphatic heterocycles. The fraction of sp³-hybridized carbons (Fsp3) is 0.294. The SMILES string of the molecule is Cc1ccc(C)c(Oc2cc(N)cc(OC(C)C)c2)c1. The van der Waals surface area contributed by atoms with Crippen LogP contribution in [0.2, 0.25) is 0 Å². The van der Waals surface area contributed by atoms with E-state index in [4.69, 9.17) is 15.2 Å². The summed E-state index contributed by atoms with van der Waals surface area (Å²) in [6.07, 6.45) is 0.102. The normalized spacial score (nSPS) is 10.7. The summed E-state index contributed by atoms with van der Waals surface area (Å²) in [7, 11) is 0. The Labute approximate surface area is 120 Å². The third-order valence-electron chi connectivity index (χ3n) is 2.85. The predicted molar refractivity (Wildman–Crippen MR) is 82.6 cm³/mol. The molecular weight excluding hydrogens is 250 g/mol. The van der Waals surface area contributed by atoms with Crippen molar-refractivity contribution in [1.29, 1.82) is 0 Å². The molecule has 2 N–H and O–H groups in total. The standard InChI is InChI=1S/C17H21NO2/c1-11(2)19-15-8-14(18)9-16(10-15)20-17-7-12(3)5-6-13(17)4/h5-11H,18H2,1-4H3. The molecule has 0 bridgehead atoms. The van der Waals surface area contributed by atoms with Crippen molar-refractivity contribution in [3.05, 3.63) is 47.5 Å². The monoisotopic (exact) mass is 271 g/mol. The van der Waals surface area contributed by atoms with E-state index in [9.17, 15) is 0 Å². The number of benzene rings is 2. The Morgan fingerprint density at radius 2 is 1.65 bits per heavy atom. The molecule has 0 atom stereocenters. The minimum absolute atomic E-state index is 0.102. The van der Waals surface area contributed by atoms with Crippen molar-refractivity contribution in [3.63, 3.8) is 0 Å². The van der Waals surface area contributed by atoms with E-state index in [2.05, 4.69) is 6.07 Å². The Balaban J connectivity index is 2.28. The van der Waals surface area contributed by atoms with Crippen LogP contribution in [-0.4, -0.2) is 6.10 Å². The van der Waals surface area contributed by atoms with E-state index in [1.54, 1.807) is 12.1 Å². The highest BCUT2D eigenvalue weighted by atomic mass is 16.5. The molecule has 0 amide bonds. The summed E-state index contributed by atoms with van der Waals surface area (Å²) in [5.74, 6) is 2.25. The molecule has 0 aliphatic carbocycles. The first-order valence-electron chi connectivity index (χ1n) is 6.76. The summed E-state index contributed by atoms with van der Waals surface area (Å²) in [6.45, 7) is 8.02. The van der Waals surface area contributed by atoms with E-state index in [-0.39, 0.29) is 6.10 Å². The third kappa shape index (κ3) is 3.67. The fourth-order valence-electron chi connectivity index (χ4n) is 1.94. The highest BCUT2D eigenvalue weighted by Crippen LogP contribution is 2.31. The lowest BCUT2D eigenvalue weighted by molar-refractivity contribution is 0.242. The van der Waals surface area contributed by atoms with Crippen molar-refractivity contribution in [3.8, 4) is 17.2 Å². The summed E-state index contributed by atoms with van der Waals surface area (Å²) < 4.78 is 11.6. The first-order chi connectivity index (χ1) is 9.44. The van der Waals surface area contributed by atoms with Crippen LogP contribution in [0.1, 0.15) is 25.0 Å². The zero-order valence-electron chi connectivity index (χ0n) is 12.4. The molecule has 2 aromatic carbocycles. The van der Waals surface area contributed by atoms with Crippen LogP contribution in [0.25, 0.3) is 0 Å². The Bertz CT molecular complexity index is 606. The van der Waals surface area contributed by atoms with Crippen molar-refractivity contribution in [1.82, 2.24) is 0 Å². The van der Waals surface area contributed by atoms with Crippen LogP contribution in [-0.2, 0) is 0 Å². The number of aryl methyl sites for hydroxylation is 2. The van der Waals surface area contributed by atoms with Gasteiger partial charge < -0.3 is 15.2 Å². The van der Waals surface area contributed by atoms with Crippen LogP contribution >= 0.6 is 0 Å². The largest absolute Gasteiger partial charge is 0.491 e. The van der Waals surface area contributed by atoms with Crippen molar-refractivity contribution in [2.45, 2.75) is 33.8 Å². The van der Waals surface area contributed by atoms with Crippen molar-refractivity contribution >= 4 is 5.69 Å². The minimum atomic E-state index is 0.102. The number of hydrogen-bond acceptors (Lipinski definition) is 3. The lowest BCUT2D eigenvalue weighted by atomic mass is 10.1. The smallest absolute Gasteiger partial charge is 0.133 e. The molecule has 0 saturated carbocycles. The Morgan fingerprint density at radius 3 is 2.35 bits per heavy atom. The first-order valence-corrected chi connectivity index (χ1v) is 6.76. The highest BCUT2D eigenvalue weighted by molar-refractivity contribution is 5.52. The molecule has 2 rings (SSSR count). The van der Waals surface area contributed by atoms with Gasteiger partial charge in [0.15, 0.2) is 0 Å². The summed E-state index contributed by atoms with van der Waals surface area (Å²) in [4.78, 5) is 0. The van der Waals surface area contributed by atoms with Gasteiger partial charge in [0.2, 0.25) is 0 Å². The molecule has 0 heterocycles. The number of anilines is 1. The van der Waals surface area contributed by atoms with Gasteiger partial charge in [0.05, 0.1) is 6.10 Å². The Morgan fingerprint density at radius 1 is 0.950 bits per heavy atom. The molecule has 0 aliphatic rings. The summed E-state index contributed by atoms with van der Waals surface area (Å²) in [6, 6.07) is 11.6. The molecule has 3 heteroatoms. The summed E-state index contributed by atoms with van der Waals surface area (Å²) >= 11 is 0. The predicted octanol–water partition coefficient (Wildman–Crippen LogP) is 4.47. The minimum Gasteiger partial charge on any atom is -0.491 e. The molecule has 3 nitrogen and oxygen atoms in total. The van der Waals surface area contributed by atoms with Gasteiger partial charge in [-0.05, 0) is 44.9 Å². The van der Waals surface area contributed by atoms with Gasteiger partial charge >= 0.3 is 0 Å². The topological polar surface area (TPSA) is 44.5 Å². The maximum atomic E-state index is 5.93. The maximum Gasteiger partial charge on any atom is 0.133 e. The Kier molecular flexibility index (Phi) is 4.18. The lowest BCUT2D eigenvalue weighted by Gasteiger charge is -2.14. The summed E-state index contributed by atoms with van der Waals surface area (Å²) in [5.41, 5.74) is 8.77. The van der Waals surface area contributed by atoms with Gasteiger partial charge in [-0.25, -0.2) is 0 Å². The van der Waals surface area contributed by atoms with Crippen LogP contribution in [0.4, 0.5) is 5.69 Å². The van der Waals surface area contributed by atoms with Crippen molar-refractivity contribution < 1.29 is 9.47 Å². The van der Waals surface area contributed by atoms with E-state index in [1.165, 1.54) is 0 Å². The van der Waals surface area contributed by atoms with Gasteiger partial charge in [-0.2, -0.15) is 0 Å². The number of hydrogen-bond donors (Lipinski definition) is 1. The van der Waals surface area contributed by atoms with E-state index in [0.717, 1.165) is 22.6 Å². The number of nitrogen functional groups attached to an aromatic ring is 1. The average molecular weight is 271 g/mol. The third-order valence-corrected chi connectivity index (χ3v) is 2.85. The molecule has 0 radical (unpaired) electrons. The number of ether oxygens (including phenoxy) is 2. The molecular formula is C17H21NO2. The average Bonchev–Trinajstić information content (AvgIpc) is 2.32. The van der Waals surface area contributed by atoms with Gasteiger partial charge in [0.25, 0.3) is 0 Å². The quantitative estimate of drug-likeness (QED) is 0.835. The molecule has 0 saturated heterocycles. The molecule has 0 spiro atoms. The van der Waals surface area contributed by atoms with Crippen LogP contribution in [0, 0.1) is 13.8 Å². The van der Waals surface area contributed by atoms with Gasteiger partial charge in [-0.3, -0.25) is 0 Å². The van der Waals surface area contributed by atoms with Gasteiger partial charge in [-0.15, -0.1) is 0 Å². The Hall–Kier alpha value is -2.16. The lowest BCUT2D eigenvalue weighted by Crippen LogP contribution is -2.06. The number of nitrogens with two attached hydrogens (primary N) is 1. The molecule has 2 aromatic rings. The highest BCUT2D eigenvalue weighted by Gasteiger charge is 2.06. The summed E-state index contributed by atoms with van der Waals surface area (Å²) in [5, 5.41) is 0. The van der Waals surface area contributed by atoms with Gasteiger partial charge in [0.1, 0.15) is 17.2 Å². The molecule has 0 fully saturated rings. The van der Waals surface area contributed by atoms with Crippen LogP contribution in [0.3, 0.4) is 0 Å². The van der Waals surface area contributed by atoms with Crippen LogP contribution in [0.5, 0.6) is 17.2 Å². The zero-order chi connectivity index (χ0) is 14.7. The van der Waals surface area contributed by atoms with Crippen molar-refractivity contribution in [2.24, 2.45) is 0 Å². The molecule has 106 valence electrons. The number of rotatable bonds is 4. The van der Waals surface area contributed by atoms with E-state index in [0.29, 0.717) is 11.4 Å². The second kappa shape index (κ2) is 5.87. The van der Waals surface area contributed by atoms with E-state index in [1.807, 2.05) is 45.9 Å². The van der Waals surface area contributed by atoms with Crippen LogP contribution < -0.4 is 15.2 Å². The first kappa shape index (κ1) is 14.3. The van der Waals surface area contributed by atoms with Crippen LogP contribution in [0.15, 0.2) is 36.4 Å². The van der Waals surface area contributed by atoms with Gasteiger partial charge in [-0.1, -0.05) is 12.1 Å². The second-order valence-corrected chi connectivity index (χ2v) is 5.28.